The van der Waals surface area contributed by atoms with E-state index in [9.17, 15) is 4.79 Å². The highest BCUT2D eigenvalue weighted by Crippen LogP contribution is 2.24. The van der Waals surface area contributed by atoms with E-state index >= 15 is 0 Å². The fourth-order valence-electron chi connectivity index (χ4n) is 2.20. The third-order valence-electron chi connectivity index (χ3n) is 2.97. The SMILES string of the molecule is C#CCC(C)NC1CCCC(C(=O)O)C1. The summed E-state index contributed by atoms with van der Waals surface area (Å²) in [5, 5.41) is 12.3. The van der Waals surface area contributed by atoms with Gasteiger partial charge in [-0.15, -0.1) is 12.3 Å². The molecule has 0 aromatic heterocycles. The van der Waals surface area contributed by atoms with E-state index in [0.717, 1.165) is 25.7 Å². The van der Waals surface area contributed by atoms with Crippen molar-refractivity contribution in [3.63, 3.8) is 0 Å². The van der Waals surface area contributed by atoms with Gasteiger partial charge in [0.2, 0.25) is 0 Å². The molecule has 3 atom stereocenters. The molecule has 2 N–H and O–H groups in total. The van der Waals surface area contributed by atoms with Gasteiger partial charge in [0.25, 0.3) is 0 Å². The van der Waals surface area contributed by atoms with Gasteiger partial charge in [0, 0.05) is 18.5 Å². The minimum absolute atomic E-state index is 0.172. The van der Waals surface area contributed by atoms with Crippen LogP contribution in [0.1, 0.15) is 39.0 Å². The van der Waals surface area contributed by atoms with Crippen molar-refractivity contribution in [2.45, 2.75) is 51.1 Å². The lowest BCUT2D eigenvalue weighted by Gasteiger charge is -2.29. The zero-order valence-corrected chi connectivity index (χ0v) is 9.20. The predicted octanol–water partition coefficient (Wildman–Crippen LogP) is 1.63. The van der Waals surface area contributed by atoms with E-state index in [2.05, 4.69) is 11.2 Å². The zero-order valence-electron chi connectivity index (χ0n) is 9.20. The predicted molar refractivity (Wildman–Crippen MR) is 59.4 cm³/mol. The Morgan fingerprint density at radius 3 is 3.00 bits per heavy atom. The molecule has 3 unspecified atom stereocenters. The molecule has 0 aromatic carbocycles. The highest BCUT2D eigenvalue weighted by molar-refractivity contribution is 5.70. The Kier molecular flexibility index (Phi) is 4.64. The lowest BCUT2D eigenvalue weighted by Crippen LogP contribution is -2.40. The second kappa shape index (κ2) is 5.77. The molecule has 1 fully saturated rings. The Morgan fingerprint density at radius 2 is 2.40 bits per heavy atom. The molecule has 0 heterocycles. The minimum atomic E-state index is -0.661. The summed E-state index contributed by atoms with van der Waals surface area (Å²) in [6, 6.07) is 0.607. The summed E-state index contributed by atoms with van der Waals surface area (Å²) in [5.41, 5.74) is 0. The van der Waals surface area contributed by atoms with E-state index in [0.29, 0.717) is 12.5 Å². The fraction of sp³-hybridized carbons (Fsp3) is 0.750. The van der Waals surface area contributed by atoms with E-state index in [4.69, 9.17) is 11.5 Å². The molecule has 15 heavy (non-hydrogen) atoms. The first-order valence-corrected chi connectivity index (χ1v) is 5.55. The molecule has 1 rings (SSSR count). The summed E-state index contributed by atoms with van der Waals surface area (Å²) in [4.78, 5) is 10.9. The van der Waals surface area contributed by atoms with Crippen LogP contribution in [0, 0.1) is 18.3 Å². The number of aliphatic carboxylic acids is 1. The van der Waals surface area contributed by atoms with E-state index < -0.39 is 5.97 Å². The van der Waals surface area contributed by atoms with Crippen LogP contribution in [0.5, 0.6) is 0 Å². The maximum atomic E-state index is 10.9. The monoisotopic (exact) mass is 209 g/mol. The Labute approximate surface area is 91.3 Å². The second-order valence-corrected chi connectivity index (χ2v) is 4.37. The van der Waals surface area contributed by atoms with Crippen molar-refractivity contribution in [2.75, 3.05) is 0 Å². The number of terminal acetylenes is 1. The van der Waals surface area contributed by atoms with Gasteiger partial charge in [-0.1, -0.05) is 6.42 Å². The molecule has 0 aliphatic heterocycles. The number of carbonyl (C=O) groups is 1. The van der Waals surface area contributed by atoms with Gasteiger partial charge in [-0.05, 0) is 26.2 Å². The molecule has 1 aliphatic rings. The van der Waals surface area contributed by atoms with Crippen molar-refractivity contribution < 1.29 is 9.90 Å². The van der Waals surface area contributed by atoms with Gasteiger partial charge in [0.15, 0.2) is 0 Å². The standard InChI is InChI=1S/C12H19NO2/c1-3-5-9(2)13-11-7-4-6-10(8-11)12(14)15/h1,9-11,13H,4-8H2,2H3,(H,14,15). The van der Waals surface area contributed by atoms with Crippen molar-refractivity contribution in [1.29, 1.82) is 0 Å². The maximum Gasteiger partial charge on any atom is 0.306 e. The third kappa shape index (κ3) is 3.93. The van der Waals surface area contributed by atoms with E-state index in [-0.39, 0.29) is 12.0 Å². The van der Waals surface area contributed by atoms with Crippen molar-refractivity contribution in [3.8, 4) is 12.3 Å². The molecule has 1 saturated carbocycles. The fourth-order valence-corrected chi connectivity index (χ4v) is 2.20. The van der Waals surface area contributed by atoms with Gasteiger partial charge in [0.1, 0.15) is 0 Å². The molecule has 3 nitrogen and oxygen atoms in total. The van der Waals surface area contributed by atoms with Crippen molar-refractivity contribution >= 4 is 5.97 Å². The Bertz CT molecular complexity index is 257. The van der Waals surface area contributed by atoms with Crippen LogP contribution >= 0.6 is 0 Å². The summed E-state index contributed by atoms with van der Waals surface area (Å²) >= 11 is 0. The molecule has 0 bridgehead atoms. The van der Waals surface area contributed by atoms with E-state index in [1.54, 1.807) is 0 Å². The summed E-state index contributed by atoms with van der Waals surface area (Å²) < 4.78 is 0. The minimum Gasteiger partial charge on any atom is -0.481 e. The van der Waals surface area contributed by atoms with Crippen molar-refractivity contribution in [3.05, 3.63) is 0 Å². The topological polar surface area (TPSA) is 49.3 Å². The lowest BCUT2D eigenvalue weighted by atomic mass is 9.85. The number of rotatable bonds is 4. The van der Waals surface area contributed by atoms with Crippen molar-refractivity contribution in [2.24, 2.45) is 5.92 Å². The smallest absolute Gasteiger partial charge is 0.306 e. The van der Waals surface area contributed by atoms with Crippen LogP contribution < -0.4 is 5.32 Å². The molecule has 1 aliphatic carbocycles. The Morgan fingerprint density at radius 1 is 1.67 bits per heavy atom. The highest BCUT2D eigenvalue weighted by Gasteiger charge is 2.27. The zero-order chi connectivity index (χ0) is 11.3. The van der Waals surface area contributed by atoms with Gasteiger partial charge >= 0.3 is 5.97 Å². The van der Waals surface area contributed by atoms with Crippen LogP contribution in [-0.2, 0) is 4.79 Å². The molecule has 0 radical (unpaired) electrons. The van der Waals surface area contributed by atoms with Crippen LogP contribution in [0.15, 0.2) is 0 Å². The van der Waals surface area contributed by atoms with Gasteiger partial charge in [0.05, 0.1) is 5.92 Å². The number of carboxylic acids is 1. The largest absolute Gasteiger partial charge is 0.481 e. The first-order valence-electron chi connectivity index (χ1n) is 5.55. The second-order valence-electron chi connectivity index (χ2n) is 4.37. The number of hydrogen-bond acceptors (Lipinski definition) is 2. The summed E-state index contributed by atoms with van der Waals surface area (Å²) in [5.74, 6) is 1.78. The normalized spacial score (nSPS) is 28.0. The Hall–Kier alpha value is -1.01. The third-order valence-corrected chi connectivity index (χ3v) is 2.97. The molecule has 3 heteroatoms. The van der Waals surface area contributed by atoms with Gasteiger partial charge in [-0.25, -0.2) is 0 Å². The Balaban J connectivity index is 2.36. The van der Waals surface area contributed by atoms with Gasteiger partial charge < -0.3 is 10.4 Å². The molecule has 0 amide bonds. The molecular formula is C12H19NO2. The first kappa shape index (κ1) is 12.1. The van der Waals surface area contributed by atoms with Crippen molar-refractivity contribution in [1.82, 2.24) is 5.32 Å². The highest BCUT2D eigenvalue weighted by atomic mass is 16.4. The van der Waals surface area contributed by atoms with E-state index in [1.807, 2.05) is 6.92 Å². The number of nitrogens with one attached hydrogen (secondary N) is 1. The van der Waals surface area contributed by atoms with Crippen LogP contribution in [0.3, 0.4) is 0 Å². The van der Waals surface area contributed by atoms with E-state index in [1.165, 1.54) is 0 Å². The van der Waals surface area contributed by atoms with Crippen LogP contribution in [0.2, 0.25) is 0 Å². The molecule has 84 valence electrons. The van der Waals surface area contributed by atoms with Crippen LogP contribution in [0.4, 0.5) is 0 Å². The summed E-state index contributed by atoms with van der Waals surface area (Å²) in [6.45, 7) is 2.05. The number of carboxylic acid groups (broad SMARTS) is 1. The molecule has 0 saturated heterocycles. The molecule has 0 spiro atoms. The maximum absolute atomic E-state index is 10.9. The average molecular weight is 209 g/mol. The van der Waals surface area contributed by atoms with Crippen LogP contribution in [0.25, 0.3) is 0 Å². The van der Waals surface area contributed by atoms with Gasteiger partial charge in [-0.3, -0.25) is 4.79 Å². The lowest BCUT2D eigenvalue weighted by molar-refractivity contribution is -0.143. The quantitative estimate of drug-likeness (QED) is 0.692. The summed E-state index contributed by atoms with van der Waals surface area (Å²) in [6.07, 6.45) is 9.55. The van der Waals surface area contributed by atoms with Gasteiger partial charge in [-0.2, -0.15) is 0 Å². The summed E-state index contributed by atoms with van der Waals surface area (Å²) in [7, 11) is 0. The molecular weight excluding hydrogens is 190 g/mol. The van der Waals surface area contributed by atoms with Crippen LogP contribution in [-0.4, -0.2) is 23.2 Å². The molecule has 0 aromatic rings. The first-order chi connectivity index (χ1) is 7.13. The average Bonchev–Trinajstić information content (AvgIpc) is 2.18. The number of hydrogen-bond donors (Lipinski definition) is 2.